The minimum absolute atomic E-state index is 0.0736. The molecule has 0 saturated carbocycles. The average molecular weight is 548 g/mol. The maximum atomic E-state index is 13.5. The summed E-state index contributed by atoms with van der Waals surface area (Å²) in [5.41, 5.74) is 2.20. The van der Waals surface area contributed by atoms with Crippen LogP contribution < -0.4 is 5.56 Å². The Hall–Kier alpha value is -2.71. The summed E-state index contributed by atoms with van der Waals surface area (Å²) in [6, 6.07) is 1.56. The van der Waals surface area contributed by atoms with Gasteiger partial charge in [0.15, 0.2) is 5.52 Å². The van der Waals surface area contributed by atoms with Crippen molar-refractivity contribution >= 4 is 21.1 Å². The van der Waals surface area contributed by atoms with Gasteiger partial charge in [0.25, 0.3) is 5.56 Å². The highest BCUT2D eigenvalue weighted by atomic mass is 32.2. The van der Waals surface area contributed by atoms with Crippen molar-refractivity contribution in [3.8, 4) is 11.4 Å². The molecular formula is C25H37N7O5S. The third-order valence-electron chi connectivity index (χ3n) is 6.85. The van der Waals surface area contributed by atoms with Crippen molar-refractivity contribution < 1.29 is 17.9 Å². The van der Waals surface area contributed by atoms with Gasteiger partial charge in [-0.15, -0.1) is 0 Å². The molecule has 3 aromatic heterocycles. The van der Waals surface area contributed by atoms with Crippen LogP contribution in [-0.2, 0) is 38.9 Å². The molecule has 0 aliphatic carbocycles. The Morgan fingerprint density at radius 3 is 2.50 bits per heavy atom. The standard InChI is InChI=1S/C25H37N7O5S/c1-5-21-22-23(29-32(21)13-15-37-7-3)25(33)28-24(27-22)19-16-18(17-26-20(19)8-14-36-4)38(34,35)31-11-9-30(6-2)10-12-31/h16-17H,5-15H2,1-4H3,(H,27,28,33). The summed E-state index contributed by atoms with van der Waals surface area (Å²) in [6.07, 6.45) is 2.43. The fraction of sp³-hybridized carbons (Fsp3) is 0.600. The number of ether oxygens (including phenoxy) is 2. The number of aromatic amines is 1. The largest absolute Gasteiger partial charge is 0.384 e. The Morgan fingerprint density at radius 2 is 1.84 bits per heavy atom. The number of hydrogen-bond donors (Lipinski definition) is 1. The average Bonchev–Trinajstić information content (AvgIpc) is 3.29. The van der Waals surface area contributed by atoms with Gasteiger partial charge in [0.05, 0.1) is 31.1 Å². The van der Waals surface area contributed by atoms with Crippen LogP contribution in [0.15, 0.2) is 22.0 Å². The first-order valence-corrected chi connectivity index (χ1v) is 14.6. The van der Waals surface area contributed by atoms with E-state index in [9.17, 15) is 13.2 Å². The maximum absolute atomic E-state index is 13.5. The van der Waals surface area contributed by atoms with Crippen molar-refractivity contribution in [2.24, 2.45) is 0 Å². The van der Waals surface area contributed by atoms with E-state index in [1.54, 1.807) is 17.9 Å². The lowest BCUT2D eigenvalue weighted by Crippen LogP contribution is -2.48. The first kappa shape index (κ1) is 28.3. The van der Waals surface area contributed by atoms with Gasteiger partial charge < -0.3 is 19.4 Å². The van der Waals surface area contributed by atoms with Gasteiger partial charge in [-0.25, -0.2) is 13.4 Å². The molecule has 12 nitrogen and oxygen atoms in total. The number of hydrogen-bond acceptors (Lipinski definition) is 9. The molecule has 1 aliphatic heterocycles. The van der Waals surface area contributed by atoms with Gasteiger partial charge in [0, 0.05) is 58.1 Å². The Kier molecular flexibility index (Phi) is 9.26. The highest BCUT2D eigenvalue weighted by molar-refractivity contribution is 7.89. The molecule has 4 heterocycles. The van der Waals surface area contributed by atoms with Crippen LogP contribution >= 0.6 is 0 Å². The normalized spacial score (nSPS) is 15.5. The van der Waals surface area contributed by atoms with Gasteiger partial charge in [-0.05, 0) is 26.0 Å². The predicted octanol–water partition coefficient (Wildman–Crippen LogP) is 1.30. The molecule has 38 heavy (non-hydrogen) atoms. The van der Waals surface area contributed by atoms with Gasteiger partial charge in [-0.2, -0.15) is 9.40 Å². The molecule has 1 N–H and O–H groups in total. The molecule has 0 spiro atoms. The summed E-state index contributed by atoms with van der Waals surface area (Å²) >= 11 is 0. The van der Waals surface area contributed by atoms with Crippen LogP contribution in [0, 0.1) is 0 Å². The molecule has 1 saturated heterocycles. The second-order valence-electron chi connectivity index (χ2n) is 9.08. The Morgan fingerprint density at radius 1 is 1.08 bits per heavy atom. The third kappa shape index (κ3) is 5.81. The zero-order chi connectivity index (χ0) is 27.3. The number of methoxy groups -OCH3 is 1. The second kappa shape index (κ2) is 12.4. The summed E-state index contributed by atoms with van der Waals surface area (Å²) in [7, 11) is -2.18. The van der Waals surface area contributed by atoms with E-state index in [4.69, 9.17) is 14.5 Å². The van der Waals surface area contributed by atoms with E-state index in [2.05, 4.69) is 26.9 Å². The van der Waals surface area contributed by atoms with Crippen molar-refractivity contribution in [3.05, 3.63) is 34.0 Å². The number of pyridine rings is 1. The fourth-order valence-electron chi connectivity index (χ4n) is 4.68. The molecule has 1 fully saturated rings. The van der Waals surface area contributed by atoms with Crippen molar-refractivity contribution in [3.63, 3.8) is 0 Å². The van der Waals surface area contributed by atoms with Crippen LogP contribution in [0.5, 0.6) is 0 Å². The van der Waals surface area contributed by atoms with E-state index in [1.165, 1.54) is 10.5 Å². The van der Waals surface area contributed by atoms with Crippen LogP contribution in [0.2, 0.25) is 0 Å². The molecule has 3 aromatic rings. The Bertz CT molecular complexity index is 1410. The number of H-pyrrole nitrogens is 1. The molecule has 4 rings (SSSR count). The number of piperazine rings is 1. The van der Waals surface area contributed by atoms with Gasteiger partial charge in [-0.3, -0.25) is 14.5 Å². The van der Waals surface area contributed by atoms with Crippen molar-refractivity contribution in [1.82, 2.24) is 33.9 Å². The number of likely N-dealkylation sites (N-methyl/N-ethyl adjacent to an activating group) is 1. The molecule has 0 radical (unpaired) electrons. The van der Waals surface area contributed by atoms with Crippen molar-refractivity contribution in [2.75, 3.05) is 59.7 Å². The quantitative estimate of drug-likeness (QED) is 0.333. The lowest BCUT2D eigenvalue weighted by atomic mass is 10.1. The number of rotatable bonds is 12. The number of sulfonamides is 1. The second-order valence-corrected chi connectivity index (χ2v) is 11.0. The third-order valence-corrected chi connectivity index (χ3v) is 8.71. The molecule has 0 bridgehead atoms. The summed E-state index contributed by atoms with van der Waals surface area (Å²) in [6.45, 7) is 11.0. The van der Waals surface area contributed by atoms with Crippen LogP contribution in [0.1, 0.15) is 32.2 Å². The minimum Gasteiger partial charge on any atom is -0.384 e. The maximum Gasteiger partial charge on any atom is 0.279 e. The van der Waals surface area contributed by atoms with E-state index in [-0.39, 0.29) is 16.2 Å². The SMILES string of the molecule is CCOCCn1nc2c(=O)[nH]c(-c3cc(S(=O)(=O)N4CCN(CC)CC4)cnc3CCOC)nc2c1CC. The molecule has 13 heteroatoms. The summed E-state index contributed by atoms with van der Waals surface area (Å²) in [5, 5.41) is 4.48. The molecule has 0 aromatic carbocycles. The summed E-state index contributed by atoms with van der Waals surface area (Å²) < 4.78 is 41.0. The van der Waals surface area contributed by atoms with E-state index in [0.29, 0.717) is 82.2 Å². The number of aryl methyl sites for hydroxylation is 1. The molecule has 0 unspecified atom stereocenters. The van der Waals surface area contributed by atoms with E-state index in [1.807, 2.05) is 13.8 Å². The number of fused-ring (bicyclic) bond motifs is 1. The number of nitrogens with zero attached hydrogens (tertiary/aromatic N) is 6. The van der Waals surface area contributed by atoms with E-state index < -0.39 is 15.6 Å². The molecule has 1 aliphatic rings. The number of nitrogens with one attached hydrogen (secondary N) is 1. The van der Waals surface area contributed by atoms with Gasteiger partial charge in [-0.1, -0.05) is 13.8 Å². The van der Waals surface area contributed by atoms with Gasteiger partial charge >= 0.3 is 0 Å². The first-order chi connectivity index (χ1) is 18.3. The van der Waals surface area contributed by atoms with Crippen LogP contribution in [0.25, 0.3) is 22.4 Å². The fourth-order valence-corrected chi connectivity index (χ4v) is 6.07. The van der Waals surface area contributed by atoms with Gasteiger partial charge in [0.2, 0.25) is 10.0 Å². The lowest BCUT2D eigenvalue weighted by Gasteiger charge is -2.33. The van der Waals surface area contributed by atoms with Crippen LogP contribution in [0.4, 0.5) is 0 Å². The molecule has 208 valence electrons. The van der Waals surface area contributed by atoms with Crippen molar-refractivity contribution in [2.45, 2.75) is 45.1 Å². The van der Waals surface area contributed by atoms with Crippen molar-refractivity contribution in [1.29, 1.82) is 0 Å². The zero-order valence-electron chi connectivity index (χ0n) is 22.6. The van der Waals surface area contributed by atoms with E-state index in [0.717, 1.165) is 12.2 Å². The molecular weight excluding hydrogens is 510 g/mol. The Balaban J connectivity index is 1.78. The Labute approximate surface area is 223 Å². The summed E-state index contributed by atoms with van der Waals surface area (Å²) in [4.78, 5) is 27.5. The topological polar surface area (TPSA) is 136 Å². The predicted molar refractivity (Wildman–Crippen MR) is 144 cm³/mol. The highest BCUT2D eigenvalue weighted by Gasteiger charge is 2.29. The van der Waals surface area contributed by atoms with Crippen LogP contribution in [0.3, 0.4) is 0 Å². The molecule has 0 amide bonds. The minimum atomic E-state index is -3.77. The smallest absolute Gasteiger partial charge is 0.279 e. The number of aromatic nitrogens is 5. The van der Waals surface area contributed by atoms with Crippen LogP contribution in [-0.4, -0.2) is 102 Å². The highest BCUT2D eigenvalue weighted by Crippen LogP contribution is 2.26. The first-order valence-electron chi connectivity index (χ1n) is 13.1. The summed E-state index contributed by atoms with van der Waals surface area (Å²) in [5.74, 6) is 0.257. The van der Waals surface area contributed by atoms with Gasteiger partial charge in [0.1, 0.15) is 16.2 Å². The molecule has 0 atom stereocenters. The zero-order valence-corrected chi connectivity index (χ0v) is 23.4. The monoisotopic (exact) mass is 547 g/mol. The lowest BCUT2D eigenvalue weighted by molar-refractivity contribution is 0.136. The van der Waals surface area contributed by atoms with E-state index >= 15 is 0 Å².